The number of benzene rings is 2. The van der Waals surface area contributed by atoms with E-state index in [1.165, 1.54) is 24.3 Å². The molecule has 0 spiro atoms. The Morgan fingerprint density at radius 3 is 2.57 bits per heavy atom. The predicted octanol–water partition coefficient (Wildman–Crippen LogP) is 3.30. The lowest BCUT2D eigenvalue weighted by atomic mass is 10.1. The van der Waals surface area contributed by atoms with Crippen LogP contribution >= 0.6 is 11.6 Å². The minimum absolute atomic E-state index is 0.0200. The molecule has 2 rings (SSSR count). The van der Waals surface area contributed by atoms with Gasteiger partial charge in [-0.2, -0.15) is 0 Å². The number of hydrogen-bond acceptors (Lipinski definition) is 3. The van der Waals surface area contributed by atoms with Gasteiger partial charge >= 0.3 is 0 Å². The monoisotopic (exact) mass is 328 g/mol. The molecular formula is C14H14ClFN2O2S. The smallest absolute Gasteiger partial charge is 0.261 e. The van der Waals surface area contributed by atoms with Gasteiger partial charge in [0.15, 0.2) is 0 Å². The average Bonchev–Trinajstić information content (AvgIpc) is 2.42. The minimum Gasteiger partial charge on any atom is -0.324 e. The summed E-state index contributed by atoms with van der Waals surface area (Å²) in [5.74, 6) is -0.741. The second kappa shape index (κ2) is 6.01. The second-order valence-electron chi connectivity index (χ2n) is 4.59. The molecule has 0 heterocycles. The Kier molecular flexibility index (Phi) is 4.51. The van der Waals surface area contributed by atoms with Crippen LogP contribution < -0.4 is 10.5 Å². The molecule has 21 heavy (non-hydrogen) atoms. The van der Waals surface area contributed by atoms with Gasteiger partial charge in [0.1, 0.15) is 5.82 Å². The lowest BCUT2D eigenvalue weighted by molar-refractivity contribution is 0.598. The number of halogens is 2. The van der Waals surface area contributed by atoms with Gasteiger partial charge in [-0.25, -0.2) is 12.8 Å². The molecule has 3 N–H and O–H groups in total. The largest absolute Gasteiger partial charge is 0.324 e. The first-order valence-corrected chi connectivity index (χ1v) is 7.99. The molecule has 0 radical (unpaired) electrons. The van der Waals surface area contributed by atoms with Gasteiger partial charge in [0.2, 0.25) is 0 Å². The van der Waals surface area contributed by atoms with Gasteiger partial charge in [0.25, 0.3) is 10.0 Å². The first-order valence-electron chi connectivity index (χ1n) is 6.13. The fourth-order valence-corrected chi connectivity index (χ4v) is 3.02. The number of hydrogen-bond donors (Lipinski definition) is 2. The third-order valence-corrected chi connectivity index (χ3v) is 4.47. The van der Waals surface area contributed by atoms with Crippen molar-refractivity contribution in [2.45, 2.75) is 17.9 Å². The number of nitrogens with two attached hydrogens (primary N) is 1. The van der Waals surface area contributed by atoms with Crippen molar-refractivity contribution in [3.8, 4) is 0 Å². The Hall–Kier alpha value is -1.63. The summed E-state index contributed by atoms with van der Waals surface area (Å²) in [6.45, 7) is 1.75. The van der Waals surface area contributed by atoms with Crippen molar-refractivity contribution in [1.82, 2.24) is 0 Å². The summed E-state index contributed by atoms with van der Waals surface area (Å²) in [6.07, 6.45) is 0. The Balaban J connectivity index is 2.36. The van der Waals surface area contributed by atoms with Gasteiger partial charge in [0.05, 0.1) is 10.6 Å². The minimum atomic E-state index is -3.89. The summed E-state index contributed by atoms with van der Waals surface area (Å²) < 4.78 is 40.4. The molecule has 0 aromatic heterocycles. The van der Waals surface area contributed by atoms with Crippen LogP contribution in [0.25, 0.3) is 0 Å². The molecule has 0 bridgehead atoms. The van der Waals surface area contributed by atoms with Gasteiger partial charge in [0, 0.05) is 11.1 Å². The molecule has 4 nitrogen and oxygen atoms in total. The highest BCUT2D eigenvalue weighted by molar-refractivity contribution is 7.92. The van der Waals surface area contributed by atoms with Gasteiger partial charge in [-0.1, -0.05) is 23.7 Å². The number of nitrogens with one attached hydrogen (secondary N) is 1. The molecule has 0 saturated carbocycles. The van der Waals surface area contributed by atoms with Crippen molar-refractivity contribution in [3.05, 3.63) is 58.9 Å². The molecule has 7 heteroatoms. The second-order valence-corrected chi connectivity index (χ2v) is 6.71. The Labute approximate surface area is 127 Å². The van der Waals surface area contributed by atoms with E-state index < -0.39 is 15.8 Å². The highest BCUT2D eigenvalue weighted by atomic mass is 35.5. The van der Waals surface area contributed by atoms with Crippen LogP contribution in [0.2, 0.25) is 5.02 Å². The van der Waals surface area contributed by atoms with E-state index in [0.717, 1.165) is 6.07 Å². The lowest BCUT2D eigenvalue weighted by Crippen LogP contribution is -2.15. The molecule has 0 saturated heterocycles. The van der Waals surface area contributed by atoms with Gasteiger partial charge < -0.3 is 5.73 Å². The quantitative estimate of drug-likeness (QED) is 0.904. The Bertz CT molecular complexity index is 763. The molecule has 0 fully saturated rings. The van der Waals surface area contributed by atoms with E-state index in [1.807, 2.05) is 0 Å². The zero-order chi connectivity index (χ0) is 15.6. The number of rotatable bonds is 4. The molecule has 2 aromatic carbocycles. The van der Waals surface area contributed by atoms with Crippen LogP contribution in [0.1, 0.15) is 18.5 Å². The Morgan fingerprint density at radius 2 is 1.95 bits per heavy atom. The third kappa shape index (κ3) is 3.72. The van der Waals surface area contributed by atoms with E-state index in [2.05, 4.69) is 4.72 Å². The van der Waals surface area contributed by atoms with Crippen LogP contribution in [0.15, 0.2) is 47.4 Å². The van der Waals surface area contributed by atoms with Gasteiger partial charge in [-0.15, -0.1) is 0 Å². The molecule has 0 amide bonds. The van der Waals surface area contributed by atoms with Crippen molar-refractivity contribution in [2.75, 3.05) is 4.72 Å². The van der Waals surface area contributed by atoms with Crippen molar-refractivity contribution in [2.24, 2.45) is 5.73 Å². The number of anilines is 1. The maximum absolute atomic E-state index is 13.7. The zero-order valence-electron chi connectivity index (χ0n) is 11.2. The van der Waals surface area contributed by atoms with Crippen LogP contribution in [-0.4, -0.2) is 8.42 Å². The van der Waals surface area contributed by atoms with Crippen LogP contribution in [0, 0.1) is 5.82 Å². The zero-order valence-corrected chi connectivity index (χ0v) is 12.7. The van der Waals surface area contributed by atoms with Crippen LogP contribution in [0.5, 0.6) is 0 Å². The van der Waals surface area contributed by atoms with E-state index in [1.54, 1.807) is 19.1 Å². The van der Waals surface area contributed by atoms with Crippen molar-refractivity contribution in [1.29, 1.82) is 0 Å². The standard InChI is InChI=1S/C14H14ClFN2O2S/c1-9(17)10-3-2-4-12(7-10)21(19,20)18-14-6-5-11(15)8-13(14)16/h2-9,18H,17H2,1H3. The van der Waals surface area contributed by atoms with Crippen LogP contribution in [0.3, 0.4) is 0 Å². The summed E-state index contributed by atoms with van der Waals surface area (Å²) >= 11 is 5.63. The first kappa shape index (κ1) is 15.8. The van der Waals surface area contributed by atoms with E-state index in [0.29, 0.717) is 5.56 Å². The lowest BCUT2D eigenvalue weighted by Gasteiger charge is -2.11. The van der Waals surface area contributed by atoms with Crippen LogP contribution in [-0.2, 0) is 10.0 Å². The predicted molar refractivity (Wildman–Crippen MR) is 81.3 cm³/mol. The average molecular weight is 329 g/mol. The van der Waals surface area contributed by atoms with E-state index in [-0.39, 0.29) is 21.6 Å². The molecule has 0 aliphatic carbocycles. The summed E-state index contributed by atoms with van der Waals surface area (Å²) in [6, 6.07) is 9.61. The van der Waals surface area contributed by atoms with Gasteiger partial charge in [-0.05, 0) is 42.8 Å². The molecule has 1 unspecified atom stereocenters. The summed E-state index contributed by atoms with van der Waals surface area (Å²) in [4.78, 5) is 0.0200. The van der Waals surface area contributed by atoms with E-state index >= 15 is 0 Å². The SMILES string of the molecule is CC(N)c1cccc(S(=O)(=O)Nc2ccc(Cl)cc2F)c1. The summed E-state index contributed by atoms with van der Waals surface area (Å²) in [5, 5.41) is 0.189. The maximum atomic E-state index is 13.7. The normalized spacial score (nSPS) is 13.0. The number of sulfonamides is 1. The van der Waals surface area contributed by atoms with Crippen molar-refractivity contribution < 1.29 is 12.8 Å². The fraction of sp³-hybridized carbons (Fsp3) is 0.143. The first-order chi connectivity index (χ1) is 9.79. The molecule has 2 aromatic rings. The van der Waals surface area contributed by atoms with Crippen LogP contribution in [0.4, 0.5) is 10.1 Å². The highest BCUT2D eigenvalue weighted by Gasteiger charge is 2.17. The third-order valence-electron chi connectivity index (χ3n) is 2.87. The molecule has 0 aliphatic heterocycles. The molecule has 112 valence electrons. The molecule has 0 aliphatic rings. The van der Waals surface area contributed by atoms with E-state index in [4.69, 9.17) is 17.3 Å². The summed E-state index contributed by atoms with van der Waals surface area (Å²) in [7, 11) is -3.89. The van der Waals surface area contributed by atoms with E-state index in [9.17, 15) is 12.8 Å². The summed E-state index contributed by atoms with van der Waals surface area (Å²) in [5.41, 5.74) is 6.24. The Morgan fingerprint density at radius 1 is 1.24 bits per heavy atom. The molecule has 1 atom stereocenters. The topological polar surface area (TPSA) is 72.2 Å². The van der Waals surface area contributed by atoms with Gasteiger partial charge in [-0.3, -0.25) is 4.72 Å². The molecular weight excluding hydrogens is 315 g/mol. The maximum Gasteiger partial charge on any atom is 0.261 e. The van der Waals surface area contributed by atoms with Crippen molar-refractivity contribution >= 4 is 27.3 Å². The highest BCUT2D eigenvalue weighted by Crippen LogP contribution is 2.23. The fourth-order valence-electron chi connectivity index (χ4n) is 1.74. The van der Waals surface area contributed by atoms with Crippen molar-refractivity contribution in [3.63, 3.8) is 0 Å².